The fourth-order valence-corrected chi connectivity index (χ4v) is 2.09. The minimum atomic E-state index is 0.193. The van der Waals surface area contributed by atoms with E-state index in [1.807, 2.05) is 0 Å². The zero-order chi connectivity index (χ0) is 13.6. The van der Waals surface area contributed by atoms with E-state index in [2.05, 4.69) is 57.0 Å². The Morgan fingerprint density at radius 3 is 2.17 bits per heavy atom. The lowest BCUT2D eigenvalue weighted by Crippen LogP contribution is -2.43. The van der Waals surface area contributed by atoms with E-state index in [0.29, 0.717) is 0 Å². The first kappa shape index (κ1) is 15.2. The Hall–Kier alpha value is -0.860. The summed E-state index contributed by atoms with van der Waals surface area (Å²) in [7, 11) is 2.19. The lowest BCUT2D eigenvalue weighted by atomic mass is 9.98. The van der Waals surface area contributed by atoms with E-state index < -0.39 is 0 Å². The Balaban J connectivity index is 2.48. The average Bonchev–Trinajstić information content (AvgIpc) is 2.36. The van der Waals surface area contributed by atoms with Crippen LogP contribution in [0.5, 0.6) is 0 Å². The quantitative estimate of drug-likeness (QED) is 0.804. The Labute approximate surface area is 112 Å². The van der Waals surface area contributed by atoms with E-state index in [1.54, 1.807) is 0 Å². The van der Waals surface area contributed by atoms with Crippen molar-refractivity contribution in [2.24, 2.45) is 5.73 Å². The summed E-state index contributed by atoms with van der Waals surface area (Å²) >= 11 is 0. The highest BCUT2D eigenvalue weighted by Crippen LogP contribution is 2.16. The standard InChI is InChI=1S/C16H28N2/c1-5-14-6-8-15(9-7-14)10-13-18(4)16(2,3)11-12-17/h6-9H,5,10-13,17H2,1-4H3. The van der Waals surface area contributed by atoms with Crippen LogP contribution in [0.25, 0.3) is 0 Å². The van der Waals surface area contributed by atoms with E-state index in [1.165, 1.54) is 11.1 Å². The van der Waals surface area contributed by atoms with E-state index in [-0.39, 0.29) is 5.54 Å². The van der Waals surface area contributed by atoms with Gasteiger partial charge in [-0.05, 0) is 57.8 Å². The van der Waals surface area contributed by atoms with Crippen molar-refractivity contribution in [3.05, 3.63) is 35.4 Å². The van der Waals surface area contributed by atoms with Crippen LogP contribution >= 0.6 is 0 Å². The molecule has 0 radical (unpaired) electrons. The summed E-state index contributed by atoms with van der Waals surface area (Å²) in [4.78, 5) is 2.41. The van der Waals surface area contributed by atoms with Crippen LogP contribution in [0.3, 0.4) is 0 Å². The molecule has 0 aromatic heterocycles. The zero-order valence-corrected chi connectivity index (χ0v) is 12.4. The summed E-state index contributed by atoms with van der Waals surface area (Å²) in [5.74, 6) is 0. The van der Waals surface area contributed by atoms with Gasteiger partial charge in [-0.25, -0.2) is 0 Å². The van der Waals surface area contributed by atoms with Crippen LogP contribution in [-0.2, 0) is 12.8 Å². The van der Waals surface area contributed by atoms with Gasteiger partial charge < -0.3 is 10.6 Å². The van der Waals surface area contributed by atoms with Crippen LogP contribution in [-0.4, -0.2) is 30.6 Å². The molecule has 0 spiro atoms. The molecule has 0 atom stereocenters. The van der Waals surface area contributed by atoms with Gasteiger partial charge in [0.15, 0.2) is 0 Å². The molecule has 0 saturated heterocycles. The van der Waals surface area contributed by atoms with Crippen LogP contribution in [0.15, 0.2) is 24.3 Å². The van der Waals surface area contributed by atoms with Crippen molar-refractivity contribution in [1.29, 1.82) is 0 Å². The first-order chi connectivity index (χ1) is 8.49. The van der Waals surface area contributed by atoms with Crippen molar-refractivity contribution < 1.29 is 0 Å². The number of hydrogen-bond donors (Lipinski definition) is 1. The Morgan fingerprint density at radius 2 is 1.67 bits per heavy atom. The SMILES string of the molecule is CCc1ccc(CCN(C)C(C)(C)CCN)cc1. The number of rotatable bonds is 7. The maximum Gasteiger partial charge on any atom is 0.0162 e. The molecule has 1 aromatic rings. The number of nitrogens with zero attached hydrogens (tertiary/aromatic N) is 1. The normalized spacial score (nSPS) is 12.1. The predicted molar refractivity (Wildman–Crippen MR) is 79.9 cm³/mol. The number of benzene rings is 1. The van der Waals surface area contributed by atoms with Gasteiger partial charge in [0.1, 0.15) is 0 Å². The van der Waals surface area contributed by atoms with Crippen LogP contribution in [0.2, 0.25) is 0 Å². The first-order valence-corrected chi connectivity index (χ1v) is 6.98. The Bertz CT molecular complexity index is 341. The fraction of sp³-hybridized carbons (Fsp3) is 0.625. The molecule has 0 unspecified atom stereocenters. The molecule has 1 aromatic carbocycles. The molecule has 0 aliphatic heterocycles. The second kappa shape index (κ2) is 6.91. The summed E-state index contributed by atoms with van der Waals surface area (Å²) in [5.41, 5.74) is 8.69. The second-order valence-corrected chi connectivity index (χ2v) is 5.69. The molecule has 2 nitrogen and oxygen atoms in total. The smallest absolute Gasteiger partial charge is 0.0162 e. The van der Waals surface area contributed by atoms with Crippen LogP contribution in [0.4, 0.5) is 0 Å². The molecule has 0 saturated carbocycles. The third kappa shape index (κ3) is 4.43. The minimum Gasteiger partial charge on any atom is -0.330 e. The van der Waals surface area contributed by atoms with Crippen molar-refractivity contribution in [2.45, 2.75) is 45.6 Å². The molecule has 0 bridgehead atoms. The predicted octanol–water partition coefficient (Wildman–Crippen LogP) is 2.85. The van der Waals surface area contributed by atoms with Crippen LogP contribution < -0.4 is 5.73 Å². The first-order valence-electron chi connectivity index (χ1n) is 6.98. The maximum atomic E-state index is 5.66. The summed E-state index contributed by atoms with van der Waals surface area (Å²) in [6.45, 7) is 8.55. The molecule has 2 heteroatoms. The number of aryl methyl sites for hydroxylation is 1. The molecule has 0 aliphatic rings. The number of nitrogens with two attached hydrogens (primary N) is 1. The Morgan fingerprint density at radius 1 is 1.11 bits per heavy atom. The molecular weight excluding hydrogens is 220 g/mol. The van der Waals surface area contributed by atoms with E-state index in [4.69, 9.17) is 5.73 Å². The monoisotopic (exact) mass is 248 g/mol. The zero-order valence-electron chi connectivity index (χ0n) is 12.4. The van der Waals surface area contributed by atoms with Crippen molar-refractivity contribution in [3.8, 4) is 0 Å². The highest BCUT2D eigenvalue weighted by atomic mass is 15.2. The minimum absolute atomic E-state index is 0.193. The van der Waals surface area contributed by atoms with Gasteiger partial charge >= 0.3 is 0 Å². The molecule has 0 amide bonds. The van der Waals surface area contributed by atoms with E-state index in [0.717, 1.165) is 32.4 Å². The number of hydrogen-bond acceptors (Lipinski definition) is 2. The average molecular weight is 248 g/mol. The summed E-state index contributed by atoms with van der Waals surface area (Å²) in [5, 5.41) is 0. The van der Waals surface area contributed by atoms with Gasteiger partial charge in [0, 0.05) is 12.1 Å². The van der Waals surface area contributed by atoms with Gasteiger partial charge in [-0.1, -0.05) is 31.2 Å². The van der Waals surface area contributed by atoms with Crippen molar-refractivity contribution >= 4 is 0 Å². The third-order valence-electron chi connectivity index (χ3n) is 3.96. The van der Waals surface area contributed by atoms with Gasteiger partial charge in [-0.2, -0.15) is 0 Å². The lowest BCUT2D eigenvalue weighted by molar-refractivity contribution is 0.150. The maximum absolute atomic E-state index is 5.66. The van der Waals surface area contributed by atoms with Crippen molar-refractivity contribution in [3.63, 3.8) is 0 Å². The molecule has 2 N–H and O–H groups in total. The van der Waals surface area contributed by atoms with E-state index >= 15 is 0 Å². The third-order valence-corrected chi connectivity index (χ3v) is 3.96. The molecule has 0 fully saturated rings. The summed E-state index contributed by atoms with van der Waals surface area (Å²) < 4.78 is 0. The lowest BCUT2D eigenvalue weighted by Gasteiger charge is -2.35. The second-order valence-electron chi connectivity index (χ2n) is 5.69. The van der Waals surface area contributed by atoms with Crippen molar-refractivity contribution in [1.82, 2.24) is 4.90 Å². The number of likely N-dealkylation sites (N-methyl/N-ethyl adjacent to an activating group) is 1. The van der Waals surface area contributed by atoms with Gasteiger partial charge in [0.2, 0.25) is 0 Å². The highest BCUT2D eigenvalue weighted by Gasteiger charge is 2.21. The van der Waals surface area contributed by atoms with Crippen molar-refractivity contribution in [2.75, 3.05) is 20.1 Å². The molecule has 0 heterocycles. The summed E-state index contributed by atoms with van der Waals surface area (Å²) in [6, 6.07) is 8.98. The molecule has 0 aliphatic carbocycles. The van der Waals surface area contributed by atoms with Crippen LogP contribution in [0.1, 0.15) is 38.3 Å². The summed E-state index contributed by atoms with van der Waals surface area (Å²) in [6.07, 6.45) is 3.26. The highest BCUT2D eigenvalue weighted by molar-refractivity contribution is 5.22. The molecule has 102 valence electrons. The molecule has 18 heavy (non-hydrogen) atoms. The van der Waals surface area contributed by atoms with Gasteiger partial charge in [-0.15, -0.1) is 0 Å². The Kier molecular flexibility index (Phi) is 5.83. The van der Waals surface area contributed by atoms with Gasteiger partial charge in [0.25, 0.3) is 0 Å². The molecule has 1 rings (SSSR count). The largest absolute Gasteiger partial charge is 0.330 e. The van der Waals surface area contributed by atoms with Gasteiger partial charge in [0.05, 0.1) is 0 Å². The van der Waals surface area contributed by atoms with E-state index in [9.17, 15) is 0 Å². The topological polar surface area (TPSA) is 29.3 Å². The van der Waals surface area contributed by atoms with Gasteiger partial charge in [-0.3, -0.25) is 0 Å². The van der Waals surface area contributed by atoms with Crippen LogP contribution in [0, 0.1) is 0 Å². The fourth-order valence-electron chi connectivity index (χ4n) is 2.09. The molecular formula is C16H28N2.